The predicted molar refractivity (Wildman–Crippen MR) is 127 cm³/mol. The van der Waals surface area contributed by atoms with Crippen LogP contribution in [0.2, 0.25) is 0 Å². The van der Waals surface area contributed by atoms with E-state index in [9.17, 15) is 4.79 Å². The second kappa shape index (κ2) is 10.4. The molecule has 1 aromatic heterocycles. The zero-order valence-corrected chi connectivity index (χ0v) is 18.8. The van der Waals surface area contributed by atoms with Crippen LogP contribution in [0, 0.1) is 5.92 Å². The molecule has 1 aliphatic carbocycles. The van der Waals surface area contributed by atoms with E-state index in [1.165, 1.54) is 38.5 Å². The average Bonchev–Trinajstić information content (AvgIpc) is 3.65. The Labute approximate surface area is 189 Å². The van der Waals surface area contributed by atoms with Crippen LogP contribution in [-0.4, -0.2) is 41.0 Å². The van der Waals surface area contributed by atoms with Gasteiger partial charge in [0.2, 0.25) is 5.95 Å². The van der Waals surface area contributed by atoms with Gasteiger partial charge >= 0.3 is 5.97 Å². The number of hydrogen-bond donors (Lipinski definition) is 1. The molecule has 0 amide bonds. The van der Waals surface area contributed by atoms with Gasteiger partial charge in [0.25, 0.3) is 0 Å². The Balaban J connectivity index is 1.35. The normalized spacial score (nSPS) is 13.2. The van der Waals surface area contributed by atoms with Gasteiger partial charge in [0, 0.05) is 36.7 Å². The van der Waals surface area contributed by atoms with Gasteiger partial charge in [-0.25, -0.2) is 14.8 Å². The summed E-state index contributed by atoms with van der Waals surface area (Å²) in [6.07, 6.45) is 7.52. The van der Waals surface area contributed by atoms with Crippen molar-refractivity contribution in [2.24, 2.45) is 5.92 Å². The van der Waals surface area contributed by atoms with Crippen LogP contribution >= 0.6 is 0 Å². The molecule has 3 aromatic rings. The maximum absolute atomic E-state index is 11.6. The predicted octanol–water partition coefficient (Wildman–Crippen LogP) is 5.30. The number of benzene rings is 2. The lowest BCUT2D eigenvalue weighted by Gasteiger charge is -2.21. The topological polar surface area (TPSA) is 67.4 Å². The Hall–Kier alpha value is -3.25. The third-order valence-corrected chi connectivity index (χ3v) is 5.66. The molecule has 0 bridgehead atoms. The van der Waals surface area contributed by atoms with Crippen molar-refractivity contribution in [3.05, 3.63) is 72.1 Å². The van der Waals surface area contributed by atoms with Crippen molar-refractivity contribution in [1.29, 1.82) is 0 Å². The van der Waals surface area contributed by atoms with Crippen LogP contribution in [0.4, 0.5) is 11.6 Å². The molecule has 1 heterocycles. The van der Waals surface area contributed by atoms with Crippen molar-refractivity contribution in [2.45, 2.75) is 32.7 Å². The molecule has 166 valence electrons. The summed E-state index contributed by atoms with van der Waals surface area (Å²) in [4.78, 5) is 23.0. The second-order valence-electron chi connectivity index (χ2n) is 8.36. The van der Waals surface area contributed by atoms with E-state index in [4.69, 9.17) is 4.74 Å². The molecule has 6 heteroatoms. The summed E-state index contributed by atoms with van der Waals surface area (Å²) in [7, 11) is 1.37. The van der Waals surface area contributed by atoms with E-state index >= 15 is 0 Å². The zero-order chi connectivity index (χ0) is 22.3. The SMILES string of the molecule is CCCN(Cc1ccc(Nc2ncc(-c3ccc(C(=O)OC)cc3)cn2)cc1)CC1CC1. The molecular weight excluding hydrogens is 400 g/mol. The van der Waals surface area contributed by atoms with Crippen molar-refractivity contribution in [2.75, 3.05) is 25.5 Å². The second-order valence-corrected chi connectivity index (χ2v) is 8.36. The molecule has 2 aromatic carbocycles. The van der Waals surface area contributed by atoms with Gasteiger partial charge in [-0.3, -0.25) is 4.90 Å². The number of carbonyl (C=O) groups is 1. The summed E-state index contributed by atoms with van der Waals surface area (Å²) < 4.78 is 4.73. The average molecular weight is 431 g/mol. The monoisotopic (exact) mass is 430 g/mol. The van der Waals surface area contributed by atoms with E-state index in [2.05, 4.69) is 51.4 Å². The zero-order valence-electron chi connectivity index (χ0n) is 18.8. The van der Waals surface area contributed by atoms with Gasteiger partial charge < -0.3 is 10.1 Å². The van der Waals surface area contributed by atoms with E-state index < -0.39 is 0 Å². The molecule has 0 unspecified atom stereocenters. The van der Waals surface area contributed by atoms with Gasteiger partial charge in [0.1, 0.15) is 0 Å². The van der Waals surface area contributed by atoms with Crippen LogP contribution in [-0.2, 0) is 11.3 Å². The van der Waals surface area contributed by atoms with Crippen molar-refractivity contribution in [3.8, 4) is 11.1 Å². The van der Waals surface area contributed by atoms with Gasteiger partial charge in [-0.2, -0.15) is 0 Å². The summed E-state index contributed by atoms with van der Waals surface area (Å²) in [5.41, 5.74) is 4.64. The van der Waals surface area contributed by atoms with Crippen LogP contribution in [0.1, 0.15) is 42.1 Å². The van der Waals surface area contributed by atoms with Crippen LogP contribution in [0.25, 0.3) is 11.1 Å². The van der Waals surface area contributed by atoms with Gasteiger partial charge in [0.15, 0.2) is 0 Å². The minimum atomic E-state index is -0.348. The number of anilines is 2. The van der Waals surface area contributed by atoms with Gasteiger partial charge in [-0.1, -0.05) is 31.2 Å². The molecule has 1 aliphatic rings. The highest BCUT2D eigenvalue weighted by Crippen LogP contribution is 2.30. The van der Waals surface area contributed by atoms with Crippen molar-refractivity contribution in [1.82, 2.24) is 14.9 Å². The lowest BCUT2D eigenvalue weighted by Crippen LogP contribution is -2.26. The Morgan fingerprint density at radius 3 is 2.31 bits per heavy atom. The number of ether oxygens (including phenoxy) is 1. The first-order valence-electron chi connectivity index (χ1n) is 11.2. The van der Waals surface area contributed by atoms with Crippen molar-refractivity contribution < 1.29 is 9.53 Å². The van der Waals surface area contributed by atoms with Crippen LogP contribution in [0.3, 0.4) is 0 Å². The molecule has 1 fully saturated rings. The number of esters is 1. The first-order chi connectivity index (χ1) is 15.6. The van der Waals surface area contributed by atoms with E-state index in [0.717, 1.165) is 35.8 Å². The fourth-order valence-electron chi connectivity index (χ4n) is 3.76. The highest BCUT2D eigenvalue weighted by molar-refractivity contribution is 5.89. The summed E-state index contributed by atoms with van der Waals surface area (Å²) in [5, 5.41) is 3.27. The molecule has 4 rings (SSSR count). The number of rotatable bonds is 10. The van der Waals surface area contributed by atoms with Crippen molar-refractivity contribution >= 4 is 17.6 Å². The standard InChI is InChI=1S/C26H30N4O2/c1-3-14-30(17-19-4-5-19)18-20-6-12-24(13-7-20)29-26-27-15-23(16-28-26)21-8-10-22(11-9-21)25(31)32-2/h6-13,15-16,19H,3-5,14,17-18H2,1-2H3,(H,27,28,29). The van der Waals surface area contributed by atoms with E-state index in [-0.39, 0.29) is 5.97 Å². The Bertz CT molecular complexity index is 1010. The molecule has 0 radical (unpaired) electrons. The maximum Gasteiger partial charge on any atom is 0.337 e. The largest absolute Gasteiger partial charge is 0.465 e. The molecule has 32 heavy (non-hydrogen) atoms. The number of methoxy groups -OCH3 is 1. The molecule has 0 atom stereocenters. The minimum Gasteiger partial charge on any atom is -0.465 e. The quantitative estimate of drug-likeness (QED) is 0.441. The molecule has 1 saturated carbocycles. The molecule has 6 nitrogen and oxygen atoms in total. The first kappa shape index (κ1) is 22.0. The number of nitrogens with one attached hydrogen (secondary N) is 1. The smallest absolute Gasteiger partial charge is 0.337 e. The number of aromatic nitrogens is 2. The van der Waals surface area contributed by atoms with Gasteiger partial charge in [-0.05, 0) is 67.1 Å². The number of carbonyl (C=O) groups excluding carboxylic acids is 1. The third kappa shape index (κ3) is 5.92. The lowest BCUT2D eigenvalue weighted by molar-refractivity contribution is 0.0601. The fraction of sp³-hybridized carbons (Fsp3) is 0.346. The Morgan fingerprint density at radius 2 is 1.72 bits per heavy atom. The van der Waals surface area contributed by atoms with Crippen LogP contribution in [0.15, 0.2) is 60.9 Å². The van der Waals surface area contributed by atoms with Gasteiger partial charge in [-0.15, -0.1) is 0 Å². The third-order valence-electron chi connectivity index (χ3n) is 5.66. The Morgan fingerprint density at radius 1 is 1.03 bits per heavy atom. The molecule has 1 N–H and O–H groups in total. The fourth-order valence-corrected chi connectivity index (χ4v) is 3.76. The highest BCUT2D eigenvalue weighted by atomic mass is 16.5. The van der Waals surface area contributed by atoms with E-state index in [0.29, 0.717) is 11.5 Å². The number of nitrogens with zero attached hydrogens (tertiary/aromatic N) is 3. The first-order valence-corrected chi connectivity index (χ1v) is 11.2. The maximum atomic E-state index is 11.6. The van der Waals surface area contributed by atoms with E-state index in [1.807, 2.05) is 12.1 Å². The summed E-state index contributed by atoms with van der Waals surface area (Å²) in [6.45, 7) is 5.63. The molecular formula is C26H30N4O2. The van der Waals surface area contributed by atoms with Crippen molar-refractivity contribution in [3.63, 3.8) is 0 Å². The molecule has 0 aliphatic heterocycles. The van der Waals surface area contributed by atoms with E-state index in [1.54, 1.807) is 24.5 Å². The highest BCUT2D eigenvalue weighted by Gasteiger charge is 2.23. The lowest BCUT2D eigenvalue weighted by atomic mass is 10.1. The number of hydrogen-bond acceptors (Lipinski definition) is 6. The minimum absolute atomic E-state index is 0.348. The van der Waals surface area contributed by atoms with Crippen LogP contribution in [0.5, 0.6) is 0 Å². The van der Waals surface area contributed by atoms with Gasteiger partial charge in [0.05, 0.1) is 12.7 Å². The Kier molecular flexibility index (Phi) is 7.12. The molecule has 0 spiro atoms. The summed E-state index contributed by atoms with van der Waals surface area (Å²) in [6, 6.07) is 15.7. The summed E-state index contributed by atoms with van der Waals surface area (Å²) >= 11 is 0. The van der Waals surface area contributed by atoms with Crippen LogP contribution < -0.4 is 5.32 Å². The molecule has 0 saturated heterocycles. The summed E-state index contributed by atoms with van der Waals surface area (Å²) in [5.74, 6) is 1.11.